The van der Waals surface area contributed by atoms with Gasteiger partial charge in [0.15, 0.2) is 0 Å². The number of nitrogens with zero attached hydrogens (tertiary/aromatic N) is 3. The standard InChI is InChI=1S/C15H22N4O2/c1-15(2,3)17-14(21)19-9-7-18(8-10-19)13(20)12-5-4-6-16-11-12/h4-6,11H,7-10H2,1-3H3,(H,17,21). The fraction of sp³-hybridized carbons (Fsp3) is 0.533. The van der Waals surface area contributed by atoms with E-state index in [0.717, 1.165) is 0 Å². The molecule has 0 radical (unpaired) electrons. The van der Waals surface area contributed by atoms with Crippen LogP contribution in [-0.2, 0) is 0 Å². The average molecular weight is 290 g/mol. The van der Waals surface area contributed by atoms with Gasteiger partial charge in [-0.15, -0.1) is 0 Å². The number of piperazine rings is 1. The first-order valence-corrected chi connectivity index (χ1v) is 7.13. The lowest BCUT2D eigenvalue weighted by atomic mass is 10.1. The first kappa shape index (κ1) is 15.3. The van der Waals surface area contributed by atoms with Gasteiger partial charge in [0.2, 0.25) is 0 Å². The summed E-state index contributed by atoms with van der Waals surface area (Å²) in [6, 6.07) is 3.44. The minimum Gasteiger partial charge on any atom is -0.335 e. The van der Waals surface area contributed by atoms with E-state index in [4.69, 9.17) is 0 Å². The van der Waals surface area contributed by atoms with Crippen molar-refractivity contribution >= 4 is 11.9 Å². The summed E-state index contributed by atoms with van der Waals surface area (Å²) in [5.41, 5.74) is 0.338. The molecule has 1 fully saturated rings. The molecule has 1 aliphatic heterocycles. The van der Waals surface area contributed by atoms with Gasteiger partial charge in [-0.05, 0) is 32.9 Å². The Kier molecular flexibility index (Phi) is 4.45. The average Bonchev–Trinajstić information content (AvgIpc) is 2.46. The van der Waals surface area contributed by atoms with E-state index >= 15 is 0 Å². The van der Waals surface area contributed by atoms with Crippen molar-refractivity contribution < 1.29 is 9.59 Å². The fourth-order valence-corrected chi connectivity index (χ4v) is 2.18. The number of pyridine rings is 1. The molecule has 0 unspecified atom stereocenters. The van der Waals surface area contributed by atoms with Crippen molar-refractivity contribution in [2.45, 2.75) is 26.3 Å². The first-order chi connectivity index (χ1) is 9.87. The van der Waals surface area contributed by atoms with Crippen LogP contribution in [0.1, 0.15) is 31.1 Å². The van der Waals surface area contributed by atoms with Crippen molar-refractivity contribution in [1.29, 1.82) is 0 Å². The van der Waals surface area contributed by atoms with E-state index in [9.17, 15) is 9.59 Å². The maximum atomic E-state index is 12.3. The quantitative estimate of drug-likeness (QED) is 0.849. The van der Waals surface area contributed by atoms with Crippen molar-refractivity contribution in [2.75, 3.05) is 26.2 Å². The highest BCUT2D eigenvalue weighted by molar-refractivity contribution is 5.94. The van der Waals surface area contributed by atoms with Crippen LogP contribution in [-0.4, -0.2) is 58.4 Å². The summed E-state index contributed by atoms with van der Waals surface area (Å²) in [6.07, 6.45) is 3.21. The highest BCUT2D eigenvalue weighted by Gasteiger charge is 2.26. The molecule has 1 N–H and O–H groups in total. The number of nitrogens with one attached hydrogen (secondary N) is 1. The lowest BCUT2D eigenvalue weighted by molar-refractivity contribution is 0.0661. The number of hydrogen-bond donors (Lipinski definition) is 1. The molecule has 0 aromatic carbocycles. The lowest BCUT2D eigenvalue weighted by Gasteiger charge is -2.36. The smallest absolute Gasteiger partial charge is 0.317 e. The first-order valence-electron chi connectivity index (χ1n) is 7.13. The van der Waals surface area contributed by atoms with Gasteiger partial charge in [-0.25, -0.2) is 4.79 Å². The molecule has 114 valence electrons. The maximum absolute atomic E-state index is 12.3. The monoisotopic (exact) mass is 290 g/mol. The third kappa shape index (κ3) is 4.18. The van der Waals surface area contributed by atoms with Gasteiger partial charge in [0.25, 0.3) is 5.91 Å². The molecule has 1 saturated heterocycles. The van der Waals surface area contributed by atoms with E-state index in [1.807, 2.05) is 20.8 Å². The highest BCUT2D eigenvalue weighted by Crippen LogP contribution is 2.09. The second-order valence-electron chi connectivity index (χ2n) is 6.20. The molecular formula is C15H22N4O2. The minimum absolute atomic E-state index is 0.0287. The van der Waals surface area contributed by atoms with Crippen molar-refractivity contribution in [3.8, 4) is 0 Å². The molecule has 1 aromatic heterocycles. The summed E-state index contributed by atoms with van der Waals surface area (Å²) in [6.45, 7) is 8.05. The van der Waals surface area contributed by atoms with E-state index in [1.54, 1.807) is 34.3 Å². The normalized spacial score (nSPS) is 15.8. The molecule has 1 aromatic rings. The van der Waals surface area contributed by atoms with Gasteiger partial charge >= 0.3 is 6.03 Å². The Morgan fingerprint density at radius 3 is 2.29 bits per heavy atom. The van der Waals surface area contributed by atoms with Gasteiger partial charge in [0, 0.05) is 44.1 Å². The third-order valence-corrected chi connectivity index (χ3v) is 3.24. The summed E-state index contributed by atoms with van der Waals surface area (Å²) in [7, 11) is 0. The molecule has 0 aliphatic carbocycles. The summed E-state index contributed by atoms with van der Waals surface area (Å²) in [4.78, 5) is 31.8. The Morgan fingerprint density at radius 1 is 1.14 bits per heavy atom. The molecule has 0 saturated carbocycles. The van der Waals surface area contributed by atoms with Crippen molar-refractivity contribution in [3.63, 3.8) is 0 Å². The summed E-state index contributed by atoms with van der Waals surface area (Å²) in [5, 5.41) is 2.94. The molecule has 2 rings (SSSR count). The summed E-state index contributed by atoms with van der Waals surface area (Å²) >= 11 is 0. The van der Waals surface area contributed by atoms with Crippen molar-refractivity contribution in [3.05, 3.63) is 30.1 Å². The number of amides is 3. The number of hydrogen-bond acceptors (Lipinski definition) is 3. The van der Waals surface area contributed by atoms with Crippen molar-refractivity contribution in [2.24, 2.45) is 0 Å². The molecule has 0 bridgehead atoms. The maximum Gasteiger partial charge on any atom is 0.317 e. The van der Waals surface area contributed by atoms with Gasteiger partial charge in [0.05, 0.1) is 5.56 Å². The van der Waals surface area contributed by atoms with E-state index in [1.165, 1.54) is 0 Å². The Bertz CT molecular complexity index is 502. The van der Waals surface area contributed by atoms with Crippen LogP contribution in [0.3, 0.4) is 0 Å². The molecule has 6 nitrogen and oxygen atoms in total. The van der Waals surface area contributed by atoms with Gasteiger partial charge < -0.3 is 15.1 Å². The molecule has 2 heterocycles. The molecule has 0 spiro atoms. The van der Waals surface area contributed by atoms with Crippen LogP contribution in [0.25, 0.3) is 0 Å². The Balaban J connectivity index is 1.89. The van der Waals surface area contributed by atoms with E-state index in [2.05, 4.69) is 10.3 Å². The van der Waals surface area contributed by atoms with Crippen LogP contribution >= 0.6 is 0 Å². The van der Waals surface area contributed by atoms with Gasteiger partial charge in [-0.3, -0.25) is 9.78 Å². The third-order valence-electron chi connectivity index (χ3n) is 3.24. The fourth-order valence-electron chi connectivity index (χ4n) is 2.18. The van der Waals surface area contributed by atoms with Gasteiger partial charge in [0.1, 0.15) is 0 Å². The van der Waals surface area contributed by atoms with Crippen LogP contribution < -0.4 is 5.32 Å². The zero-order chi connectivity index (χ0) is 15.5. The van der Waals surface area contributed by atoms with Crippen molar-refractivity contribution in [1.82, 2.24) is 20.1 Å². The number of urea groups is 1. The van der Waals surface area contributed by atoms with Crippen LogP contribution in [0.4, 0.5) is 4.79 Å². The summed E-state index contributed by atoms with van der Waals surface area (Å²) in [5.74, 6) is -0.0287. The van der Waals surface area contributed by atoms with Crippen LogP contribution in [0, 0.1) is 0 Å². The predicted molar refractivity (Wildman–Crippen MR) is 80.0 cm³/mol. The summed E-state index contributed by atoms with van der Waals surface area (Å²) < 4.78 is 0. The molecule has 6 heteroatoms. The minimum atomic E-state index is -0.250. The molecule has 3 amide bonds. The van der Waals surface area contributed by atoms with Crippen LogP contribution in [0.5, 0.6) is 0 Å². The predicted octanol–water partition coefficient (Wildman–Crippen LogP) is 1.35. The van der Waals surface area contributed by atoms with Gasteiger partial charge in [-0.2, -0.15) is 0 Å². The van der Waals surface area contributed by atoms with Gasteiger partial charge in [-0.1, -0.05) is 0 Å². The van der Waals surface area contributed by atoms with Crippen LogP contribution in [0.2, 0.25) is 0 Å². The SMILES string of the molecule is CC(C)(C)NC(=O)N1CCN(C(=O)c2cccnc2)CC1. The van der Waals surface area contributed by atoms with E-state index in [0.29, 0.717) is 31.7 Å². The molecular weight excluding hydrogens is 268 g/mol. The molecule has 21 heavy (non-hydrogen) atoms. The van der Waals surface area contributed by atoms with E-state index < -0.39 is 0 Å². The number of rotatable bonds is 1. The molecule has 0 atom stereocenters. The number of carbonyl (C=O) groups is 2. The zero-order valence-corrected chi connectivity index (χ0v) is 12.8. The second kappa shape index (κ2) is 6.11. The largest absolute Gasteiger partial charge is 0.335 e. The van der Waals surface area contributed by atoms with E-state index in [-0.39, 0.29) is 17.5 Å². The second-order valence-corrected chi connectivity index (χ2v) is 6.20. The lowest BCUT2D eigenvalue weighted by Crippen LogP contribution is -2.56. The van der Waals surface area contributed by atoms with Crippen LogP contribution in [0.15, 0.2) is 24.5 Å². The Morgan fingerprint density at radius 2 is 1.76 bits per heavy atom. The zero-order valence-electron chi connectivity index (χ0n) is 12.8. The topological polar surface area (TPSA) is 65.5 Å². The number of aromatic nitrogens is 1. The highest BCUT2D eigenvalue weighted by atomic mass is 16.2. The number of carbonyl (C=O) groups excluding carboxylic acids is 2. The Labute approximate surface area is 125 Å². The Hall–Kier alpha value is -2.11. The molecule has 1 aliphatic rings.